The van der Waals surface area contributed by atoms with Crippen molar-refractivity contribution in [3.8, 4) is 0 Å². The third kappa shape index (κ3) is 2.42. The number of hydrazine groups is 1. The van der Waals surface area contributed by atoms with E-state index in [2.05, 4.69) is 11.8 Å². The van der Waals surface area contributed by atoms with E-state index in [1.165, 1.54) is 32.5 Å². The lowest BCUT2D eigenvalue weighted by Crippen LogP contribution is -2.55. The normalized spacial score (nSPS) is 29.1. The maximum atomic E-state index is 5.61. The van der Waals surface area contributed by atoms with Crippen molar-refractivity contribution in [1.29, 1.82) is 0 Å². The zero-order valence-corrected chi connectivity index (χ0v) is 8.58. The first-order chi connectivity index (χ1) is 6.24. The highest BCUT2D eigenvalue weighted by Gasteiger charge is 2.27. The van der Waals surface area contributed by atoms with Crippen LogP contribution >= 0.6 is 0 Å². The molecule has 2 aliphatic rings. The molecule has 0 aromatic rings. The van der Waals surface area contributed by atoms with Crippen LogP contribution in [0.3, 0.4) is 0 Å². The summed E-state index contributed by atoms with van der Waals surface area (Å²) in [5.41, 5.74) is 0. The summed E-state index contributed by atoms with van der Waals surface area (Å²) in [5, 5.41) is 1.91. The highest BCUT2D eigenvalue weighted by atomic mass is 15.4. The van der Waals surface area contributed by atoms with Gasteiger partial charge in [-0.15, -0.1) is 0 Å². The number of nitrogens with zero attached hydrogens (tertiary/aromatic N) is 2. The van der Waals surface area contributed by atoms with Crippen molar-refractivity contribution < 1.29 is 0 Å². The van der Waals surface area contributed by atoms with E-state index in [1.54, 1.807) is 0 Å². The largest absolute Gasteiger partial charge is 0.303 e. The van der Waals surface area contributed by atoms with Crippen molar-refractivity contribution in [3.63, 3.8) is 0 Å². The van der Waals surface area contributed by atoms with Gasteiger partial charge in [-0.05, 0) is 37.8 Å². The first kappa shape index (κ1) is 9.44. The molecule has 13 heavy (non-hydrogen) atoms. The second-order valence-corrected chi connectivity index (χ2v) is 4.80. The van der Waals surface area contributed by atoms with E-state index >= 15 is 0 Å². The third-order valence-electron chi connectivity index (χ3n) is 3.38. The lowest BCUT2D eigenvalue weighted by molar-refractivity contribution is 0.0565. The Morgan fingerprint density at radius 2 is 1.85 bits per heavy atom. The van der Waals surface area contributed by atoms with Gasteiger partial charge in [-0.3, -0.25) is 5.84 Å². The van der Waals surface area contributed by atoms with Gasteiger partial charge in [-0.25, -0.2) is 5.01 Å². The van der Waals surface area contributed by atoms with Crippen molar-refractivity contribution in [2.45, 2.75) is 19.8 Å². The summed E-state index contributed by atoms with van der Waals surface area (Å²) < 4.78 is 0. The molecule has 0 aliphatic carbocycles. The SMILES string of the molecule is CC1CCN(CC2CN(N)C2)CC1. The average Bonchev–Trinajstić information content (AvgIpc) is 2.06. The van der Waals surface area contributed by atoms with Gasteiger partial charge < -0.3 is 4.90 Å². The number of hydrogen-bond donors (Lipinski definition) is 1. The molecule has 2 saturated heterocycles. The first-order valence-electron chi connectivity index (χ1n) is 5.46. The molecular formula is C10H21N3. The molecule has 0 amide bonds. The smallest absolute Gasteiger partial charge is 0.0182 e. The monoisotopic (exact) mass is 183 g/mol. The molecule has 2 aliphatic heterocycles. The van der Waals surface area contributed by atoms with Crippen molar-refractivity contribution >= 4 is 0 Å². The van der Waals surface area contributed by atoms with Crippen LogP contribution in [-0.2, 0) is 0 Å². The van der Waals surface area contributed by atoms with Crippen molar-refractivity contribution in [2.75, 3.05) is 32.7 Å². The van der Waals surface area contributed by atoms with Crippen molar-refractivity contribution in [2.24, 2.45) is 17.7 Å². The van der Waals surface area contributed by atoms with Crippen LogP contribution in [0.4, 0.5) is 0 Å². The Kier molecular flexibility index (Phi) is 2.86. The van der Waals surface area contributed by atoms with Crippen molar-refractivity contribution in [1.82, 2.24) is 9.91 Å². The van der Waals surface area contributed by atoms with E-state index < -0.39 is 0 Å². The first-order valence-corrected chi connectivity index (χ1v) is 5.46. The van der Waals surface area contributed by atoms with E-state index in [1.807, 2.05) is 5.01 Å². The highest BCUT2D eigenvalue weighted by molar-refractivity contribution is 4.80. The van der Waals surface area contributed by atoms with E-state index in [9.17, 15) is 0 Å². The Labute approximate surface area is 80.8 Å². The minimum atomic E-state index is 0.846. The topological polar surface area (TPSA) is 32.5 Å². The van der Waals surface area contributed by atoms with Gasteiger partial charge in [0.25, 0.3) is 0 Å². The molecule has 2 fully saturated rings. The Morgan fingerprint density at radius 3 is 2.38 bits per heavy atom. The van der Waals surface area contributed by atoms with Crippen LogP contribution in [0.15, 0.2) is 0 Å². The Balaban J connectivity index is 1.65. The molecule has 0 saturated carbocycles. The molecule has 3 heteroatoms. The fraction of sp³-hybridized carbons (Fsp3) is 1.00. The fourth-order valence-corrected chi connectivity index (χ4v) is 2.34. The number of piperidine rings is 1. The van der Waals surface area contributed by atoms with E-state index in [4.69, 9.17) is 5.84 Å². The Morgan fingerprint density at radius 1 is 1.23 bits per heavy atom. The second kappa shape index (κ2) is 3.95. The van der Waals surface area contributed by atoms with Gasteiger partial charge in [0.05, 0.1) is 0 Å². The molecule has 2 rings (SSSR count). The zero-order valence-electron chi connectivity index (χ0n) is 8.58. The van der Waals surface area contributed by atoms with Crippen LogP contribution < -0.4 is 5.84 Å². The van der Waals surface area contributed by atoms with E-state index in [0.29, 0.717) is 0 Å². The summed E-state index contributed by atoms with van der Waals surface area (Å²) in [6.45, 7) is 8.46. The maximum absolute atomic E-state index is 5.61. The fourth-order valence-electron chi connectivity index (χ4n) is 2.34. The van der Waals surface area contributed by atoms with Crippen LogP contribution in [0, 0.1) is 11.8 Å². The zero-order chi connectivity index (χ0) is 9.26. The van der Waals surface area contributed by atoms with Crippen LogP contribution in [-0.4, -0.2) is 42.6 Å². The van der Waals surface area contributed by atoms with Gasteiger partial charge in [-0.1, -0.05) is 6.92 Å². The van der Waals surface area contributed by atoms with E-state index in [0.717, 1.165) is 24.9 Å². The minimum Gasteiger partial charge on any atom is -0.303 e. The minimum absolute atomic E-state index is 0.846. The third-order valence-corrected chi connectivity index (χ3v) is 3.38. The predicted molar refractivity (Wildman–Crippen MR) is 54.1 cm³/mol. The van der Waals surface area contributed by atoms with Gasteiger partial charge in [0, 0.05) is 19.6 Å². The quantitative estimate of drug-likeness (QED) is 0.634. The summed E-state index contributed by atoms with van der Waals surface area (Å²) in [6.07, 6.45) is 2.78. The standard InChI is InChI=1S/C10H21N3/c1-9-2-4-12(5-3-9)6-10-7-13(11)8-10/h9-10H,2-8,11H2,1H3. The molecular weight excluding hydrogens is 162 g/mol. The summed E-state index contributed by atoms with van der Waals surface area (Å²) in [4.78, 5) is 2.61. The van der Waals surface area contributed by atoms with Crippen LogP contribution in [0.1, 0.15) is 19.8 Å². The molecule has 76 valence electrons. The predicted octanol–water partition coefficient (Wildman–Crippen LogP) is 0.524. The van der Waals surface area contributed by atoms with Crippen LogP contribution in [0.2, 0.25) is 0 Å². The lowest BCUT2D eigenvalue weighted by atomic mass is 9.96. The van der Waals surface area contributed by atoms with Gasteiger partial charge in [-0.2, -0.15) is 0 Å². The second-order valence-electron chi connectivity index (χ2n) is 4.80. The average molecular weight is 183 g/mol. The maximum Gasteiger partial charge on any atom is 0.0182 e. The molecule has 0 atom stereocenters. The molecule has 2 N–H and O–H groups in total. The summed E-state index contributed by atoms with van der Waals surface area (Å²) in [6, 6.07) is 0. The molecule has 0 aromatic carbocycles. The van der Waals surface area contributed by atoms with Gasteiger partial charge in [0.1, 0.15) is 0 Å². The summed E-state index contributed by atoms with van der Waals surface area (Å²) >= 11 is 0. The van der Waals surface area contributed by atoms with Crippen molar-refractivity contribution in [3.05, 3.63) is 0 Å². The van der Waals surface area contributed by atoms with E-state index in [-0.39, 0.29) is 0 Å². The van der Waals surface area contributed by atoms with Crippen LogP contribution in [0.5, 0.6) is 0 Å². The Hall–Kier alpha value is -0.120. The number of likely N-dealkylation sites (tertiary alicyclic amines) is 1. The molecule has 2 heterocycles. The lowest BCUT2D eigenvalue weighted by Gasteiger charge is -2.40. The molecule has 0 aromatic heterocycles. The molecule has 0 spiro atoms. The molecule has 0 radical (unpaired) electrons. The van der Waals surface area contributed by atoms with Crippen LogP contribution in [0.25, 0.3) is 0 Å². The molecule has 3 nitrogen and oxygen atoms in total. The summed E-state index contributed by atoms with van der Waals surface area (Å²) in [5.74, 6) is 7.40. The number of nitrogens with two attached hydrogens (primary N) is 1. The van der Waals surface area contributed by atoms with Gasteiger partial charge >= 0.3 is 0 Å². The Bertz CT molecular complexity index is 158. The molecule has 0 bridgehead atoms. The number of rotatable bonds is 2. The number of hydrogen-bond acceptors (Lipinski definition) is 3. The summed E-state index contributed by atoms with van der Waals surface area (Å²) in [7, 11) is 0. The molecule has 0 unspecified atom stereocenters. The van der Waals surface area contributed by atoms with Gasteiger partial charge in [0.2, 0.25) is 0 Å². The van der Waals surface area contributed by atoms with Gasteiger partial charge in [0.15, 0.2) is 0 Å². The highest BCUT2D eigenvalue weighted by Crippen LogP contribution is 2.19.